The van der Waals surface area contributed by atoms with E-state index < -0.39 is 0 Å². The molecule has 592 valence electrons. The minimum Gasteiger partial charge on any atom is -0.358 e. The molecule has 0 N–H and O–H groups in total. The second-order valence-corrected chi connectivity index (χ2v) is 44.3. The molecule has 2 aliphatic rings. The predicted molar refractivity (Wildman–Crippen MR) is 507 cm³/mol. The van der Waals surface area contributed by atoms with Crippen LogP contribution in [0.5, 0.6) is 0 Å². The van der Waals surface area contributed by atoms with Gasteiger partial charge in [-0.15, -0.1) is 22.7 Å². The van der Waals surface area contributed by atoms with Crippen molar-refractivity contribution in [1.29, 1.82) is 0 Å². The van der Waals surface area contributed by atoms with Crippen molar-refractivity contribution in [2.45, 2.75) is 269 Å². The first-order valence-corrected chi connectivity index (χ1v) is 42.3. The predicted octanol–water partition coefficient (Wildman–Crippen LogP) is 30.9. The number of rotatable bonds is 8. The van der Waals surface area contributed by atoms with E-state index in [1.54, 1.807) is 0 Å². The van der Waals surface area contributed by atoms with E-state index in [4.69, 9.17) is 0 Å². The molecule has 0 aliphatic carbocycles. The van der Waals surface area contributed by atoms with E-state index in [2.05, 4.69) is 439 Å². The lowest BCUT2D eigenvalue weighted by Gasteiger charge is -2.44. The smallest absolute Gasteiger partial charge is 0.264 e. The van der Waals surface area contributed by atoms with Crippen LogP contribution in [0, 0.1) is 7.43 Å². The van der Waals surface area contributed by atoms with Crippen molar-refractivity contribution >= 4 is 134 Å². The van der Waals surface area contributed by atoms with E-state index in [1.165, 1.54) is 131 Å². The molecule has 14 rings (SSSR count). The zero-order valence-electron chi connectivity index (χ0n) is 73.9. The van der Waals surface area contributed by atoms with Crippen LogP contribution in [0.2, 0.25) is 0 Å². The maximum absolute atomic E-state index is 2.64. The molecule has 0 atom stereocenters. The summed E-state index contributed by atoms with van der Waals surface area (Å²) in [5.74, 6) is 0. The lowest BCUT2D eigenvalue weighted by Crippen LogP contribution is -2.60. The molecule has 0 bridgehead atoms. The third-order valence-electron chi connectivity index (χ3n) is 23.2. The van der Waals surface area contributed by atoms with Gasteiger partial charge in [-0.25, -0.2) is 0 Å². The summed E-state index contributed by atoms with van der Waals surface area (Å²) in [4.78, 5) is 10.2. The van der Waals surface area contributed by atoms with Crippen molar-refractivity contribution < 1.29 is 0 Å². The Hall–Kier alpha value is -8.62. The molecular weight excluding hydrogens is 1400 g/mol. The van der Waals surface area contributed by atoms with Gasteiger partial charge in [-0.1, -0.05) is 300 Å². The Labute approximate surface area is 692 Å². The summed E-state index contributed by atoms with van der Waals surface area (Å²) in [6.07, 6.45) is 0. The highest BCUT2D eigenvalue weighted by Crippen LogP contribution is 2.53. The first kappa shape index (κ1) is 85.3. The molecule has 4 nitrogen and oxygen atoms in total. The van der Waals surface area contributed by atoms with Crippen LogP contribution in [0.25, 0.3) is 20.2 Å². The number of hydrogen-bond acceptors (Lipinski definition) is 6. The quantitative estimate of drug-likeness (QED) is 0.111. The second-order valence-electron chi connectivity index (χ2n) is 42.3. The maximum Gasteiger partial charge on any atom is 0.264 e. The first-order chi connectivity index (χ1) is 51.3. The fourth-order valence-corrected chi connectivity index (χ4v) is 18.0. The van der Waals surface area contributed by atoms with Crippen molar-refractivity contribution in [1.82, 2.24) is 0 Å². The van der Waals surface area contributed by atoms with E-state index >= 15 is 0 Å². The molecular formula is C106H132BN4S2-. The summed E-state index contributed by atoms with van der Waals surface area (Å²) in [6.45, 7) is 69.5. The highest BCUT2D eigenvalue weighted by atomic mass is 32.1. The zero-order valence-corrected chi connectivity index (χ0v) is 75.5. The van der Waals surface area contributed by atoms with Gasteiger partial charge in [0.1, 0.15) is 0 Å². The molecule has 2 aliphatic heterocycles. The van der Waals surface area contributed by atoms with E-state index in [0.717, 1.165) is 28.4 Å². The van der Waals surface area contributed by atoms with Crippen molar-refractivity contribution in [2.75, 3.05) is 19.6 Å². The molecule has 12 aromatic rings. The minimum atomic E-state index is -0.0967. The molecule has 4 heterocycles. The molecule has 7 heteroatoms. The van der Waals surface area contributed by atoms with E-state index in [-0.39, 0.29) is 75.7 Å². The van der Waals surface area contributed by atoms with Crippen LogP contribution in [0.1, 0.15) is 271 Å². The summed E-state index contributed by atoms with van der Waals surface area (Å²) >= 11 is 3.82. The number of benzene rings is 10. The van der Waals surface area contributed by atoms with Gasteiger partial charge in [-0.05, 0) is 242 Å². The van der Waals surface area contributed by atoms with Gasteiger partial charge in [-0.2, -0.15) is 0 Å². The summed E-state index contributed by atoms with van der Waals surface area (Å²) in [7, 11) is 0. The van der Waals surface area contributed by atoms with Crippen LogP contribution in [-0.4, -0.2) is 6.71 Å². The highest BCUT2D eigenvalue weighted by molar-refractivity contribution is 7.33. The fraction of sp³-hybridized carbons (Fsp3) is 0.387. The molecule has 0 fully saturated rings. The minimum absolute atomic E-state index is 0. The van der Waals surface area contributed by atoms with Crippen LogP contribution in [-0.2, 0) is 54.1 Å². The molecule has 0 spiro atoms. The standard InChI is InChI=1S/C52H61BN2S.C52H64N2S.CH4.CH3/c1-48(2,3)32-16-22-37(23-17-32)54-41-26-20-35(51(10,11)12)29-40(41)53-45-42(54)30-36(52(13,14)15)31-43(45)55(38-24-18-33(19-25-38)49(4,5)6)46-39-28-34(50(7,8)9)21-27-44(39)56-47(46)53;1-48(2,3)35-16-23-40(24-17-35)53(41-25-18-36(19-26-41)49(4,5)6)43-30-39(52(13,14)15)31-44(33-43)54(42-27-20-37(21-28-42)50(7,8)9)46-34-55-47-29-22-38(32-45(46)47)51(10,11)12;;/h16-31H,1-15H3;16-34H,1-15H3;1H4;1H3/q;;;-1. The van der Waals surface area contributed by atoms with Crippen molar-refractivity contribution in [3.05, 3.63) is 275 Å². The summed E-state index contributed by atoms with van der Waals surface area (Å²) in [5.41, 5.74) is 30.9. The first-order valence-electron chi connectivity index (χ1n) is 40.6. The highest BCUT2D eigenvalue weighted by Gasteiger charge is 2.47. The summed E-state index contributed by atoms with van der Waals surface area (Å²) in [6, 6.07) is 80.4. The van der Waals surface area contributed by atoms with Crippen LogP contribution < -0.4 is 35.3 Å². The Kier molecular flexibility index (Phi) is 22.6. The van der Waals surface area contributed by atoms with E-state index in [9.17, 15) is 0 Å². The molecule has 0 saturated carbocycles. The largest absolute Gasteiger partial charge is 0.358 e. The third kappa shape index (κ3) is 17.1. The van der Waals surface area contributed by atoms with Gasteiger partial charge < -0.3 is 27.0 Å². The zero-order chi connectivity index (χ0) is 80.8. The lowest BCUT2D eigenvalue weighted by atomic mass is 9.36. The second kappa shape index (κ2) is 29.9. The molecule has 0 amide bonds. The van der Waals surface area contributed by atoms with Gasteiger partial charge in [0.15, 0.2) is 0 Å². The molecule has 113 heavy (non-hydrogen) atoms. The number of anilines is 12. The average Bonchev–Trinajstić information content (AvgIpc) is 1.66. The number of thiophene rings is 2. The van der Waals surface area contributed by atoms with Gasteiger partial charge in [0.2, 0.25) is 0 Å². The van der Waals surface area contributed by atoms with E-state index in [0.29, 0.717) is 0 Å². The van der Waals surface area contributed by atoms with Gasteiger partial charge in [0.05, 0.1) is 11.4 Å². The van der Waals surface area contributed by atoms with Crippen molar-refractivity contribution in [3.8, 4) is 0 Å². The molecule has 0 saturated heterocycles. The lowest BCUT2D eigenvalue weighted by molar-refractivity contribution is 0.589. The number of fused-ring (bicyclic) bond motifs is 7. The van der Waals surface area contributed by atoms with Crippen LogP contribution in [0.3, 0.4) is 0 Å². The number of nitrogens with zero attached hydrogens (tertiary/aromatic N) is 4. The summed E-state index contributed by atoms with van der Waals surface area (Å²) < 4.78 is 4.07. The van der Waals surface area contributed by atoms with Crippen LogP contribution in [0.15, 0.2) is 212 Å². The topological polar surface area (TPSA) is 13.0 Å². The monoisotopic (exact) mass is 1540 g/mol. The Balaban J connectivity index is 0.000000219. The SMILES string of the molecule is C.CC(C)(C)c1ccc(N(c2ccc(C(C)(C)C)cc2)c2cc(N(c3ccc(C(C)(C)C)cc3)c3csc4ccc(C(C)(C)C)cc34)cc(C(C)(C)C)c2)cc1.CC(C)(C)c1ccc(N2c3ccc(C(C)(C)C)cc3B3c4sc5ccc(C(C)(C)C)cc5c4N(c4ccc(C(C)(C)C)cc4)c4cc(C(C)(C)C)cc2c43)cc1.[CH3-]. The van der Waals surface area contributed by atoms with Gasteiger partial charge >= 0.3 is 0 Å². The molecule has 0 radical (unpaired) electrons. The normalized spacial score (nSPS) is 13.6. The van der Waals surface area contributed by atoms with E-state index in [1.807, 2.05) is 22.7 Å². The average molecular weight is 1540 g/mol. The molecule has 10 aromatic carbocycles. The Bertz CT molecular complexity index is 5360. The van der Waals surface area contributed by atoms with Crippen molar-refractivity contribution in [3.63, 3.8) is 0 Å². The van der Waals surface area contributed by atoms with Crippen LogP contribution >= 0.6 is 22.7 Å². The fourth-order valence-electron chi connectivity index (χ4n) is 15.8. The summed E-state index contributed by atoms with van der Waals surface area (Å²) in [5, 5.41) is 4.98. The van der Waals surface area contributed by atoms with Gasteiger partial charge in [0.25, 0.3) is 6.71 Å². The third-order valence-corrected chi connectivity index (χ3v) is 25.3. The maximum atomic E-state index is 2.64. The Morgan fingerprint density at radius 2 is 0.593 bits per heavy atom. The Morgan fingerprint density at radius 1 is 0.274 bits per heavy atom. The molecule has 2 aromatic heterocycles. The Morgan fingerprint density at radius 3 is 1.00 bits per heavy atom. The van der Waals surface area contributed by atoms with Gasteiger partial charge in [0, 0.05) is 87.2 Å². The number of hydrogen-bond donors (Lipinski definition) is 0. The van der Waals surface area contributed by atoms with Crippen LogP contribution in [0.4, 0.5) is 68.2 Å². The van der Waals surface area contributed by atoms with Gasteiger partial charge in [-0.3, -0.25) is 0 Å². The van der Waals surface area contributed by atoms with Crippen molar-refractivity contribution in [2.24, 2.45) is 0 Å². The molecule has 0 unspecified atom stereocenters.